The molecule has 1 N–H and O–H groups in total. The number of hydrogen-bond acceptors (Lipinski definition) is 1. The predicted octanol–water partition coefficient (Wildman–Crippen LogP) is 3.28. The summed E-state index contributed by atoms with van der Waals surface area (Å²) in [6.45, 7) is 14.9. The standard InChI is InChI=1S/C15H25NO/c1-10-14(5,6)11-7-8-15(10,9-11)12(17)16-13(2,3)4/h11H,1,7-9H2,2-6H3,(H,16,17). The summed E-state index contributed by atoms with van der Waals surface area (Å²) in [5.74, 6) is 0.837. The summed E-state index contributed by atoms with van der Waals surface area (Å²) in [4.78, 5) is 12.6. The van der Waals surface area contributed by atoms with Crippen LogP contribution < -0.4 is 5.32 Å². The molecule has 0 spiro atoms. The second kappa shape index (κ2) is 3.37. The Morgan fingerprint density at radius 3 is 2.41 bits per heavy atom. The lowest BCUT2D eigenvalue weighted by Crippen LogP contribution is -2.49. The summed E-state index contributed by atoms with van der Waals surface area (Å²) in [5, 5.41) is 3.15. The number of carbonyl (C=O) groups excluding carboxylic acids is 1. The molecule has 2 unspecified atom stereocenters. The van der Waals surface area contributed by atoms with Crippen molar-refractivity contribution in [1.29, 1.82) is 0 Å². The summed E-state index contributed by atoms with van der Waals surface area (Å²) in [6, 6.07) is 0. The van der Waals surface area contributed by atoms with Crippen molar-refractivity contribution in [3.63, 3.8) is 0 Å². The van der Waals surface area contributed by atoms with E-state index in [1.54, 1.807) is 0 Å². The Morgan fingerprint density at radius 2 is 2.00 bits per heavy atom. The third-order valence-electron chi connectivity index (χ3n) is 4.81. The summed E-state index contributed by atoms with van der Waals surface area (Å²) in [6.07, 6.45) is 3.16. The smallest absolute Gasteiger partial charge is 0.230 e. The first-order valence-electron chi connectivity index (χ1n) is 6.62. The lowest BCUT2D eigenvalue weighted by Gasteiger charge is -2.38. The normalized spacial score (nSPS) is 35.1. The molecular weight excluding hydrogens is 210 g/mol. The minimum atomic E-state index is -0.276. The minimum absolute atomic E-state index is 0.132. The Bertz CT molecular complexity index is 375. The van der Waals surface area contributed by atoms with E-state index in [0.717, 1.165) is 18.4 Å². The quantitative estimate of drug-likeness (QED) is 0.694. The SMILES string of the molecule is C=C1C2(C(=O)NC(C)(C)C)CCC(C2)C1(C)C. The Balaban J connectivity index is 2.27. The van der Waals surface area contributed by atoms with E-state index in [9.17, 15) is 4.79 Å². The van der Waals surface area contributed by atoms with Gasteiger partial charge in [-0.15, -0.1) is 0 Å². The molecule has 0 heterocycles. The first kappa shape index (κ1) is 12.7. The van der Waals surface area contributed by atoms with Crippen LogP contribution in [-0.4, -0.2) is 11.4 Å². The van der Waals surface area contributed by atoms with Crippen LogP contribution in [0.15, 0.2) is 12.2 Å². The van der Waals surface area contributed by atoms with Crippen LogP contribution in [0.2, 0.25) is 0 Å². The van der Waals surface area contributed by atoms with Crippen molar-refractivity contribution in [3.05, 3.63) is 12.2 Å². The second-order valence-corrected chi connectivity index (χ2v) is 7.43. The molecule has 2 bridgehead atoms. The molecule has 2 atom stereocenters. The number of amides is 1. The maximum atomic E-state index is 12.6. The van der Waals surface area contributed by atoms with Crippen LogP contribution in [0.1, 0.15) is 53.9 Å². The van der Waals surface area contributed by atoms with Crippen LogP contribution in [0.5, 0.6) is 0 Å². The Morgan fingerprint density at radius 1 is 1.41 bits per heavy atom. The number of carbonyl (C=O) groups is 1. The van der Waals surface area contributed by atoms with Crippen LogP contribution in [0.4, 0.5) is 0 Å². The summed E-state index contributed by atoms with van der Waals surface area (Å²) in [7, 11) is 0. The number of fused-ring (bicyclic) bond motifs is 2. The Labute approximate surface area is 105 Å². The first-order chi connectivity index (χ1) is 7.59. The van der Waals surface area contributed by atoms with Crippen molar-refractivity contribution in [3.8, 4) is 0 Å². The molecule has 0 saturated heterocycles. The highest BCUT2D eigenvalue weighted by Crippen LogP contribution is 2.65. The molecular formula is C15H25NO. The molecule has 2 fully saturated rings. The van der Waals surface area contributed by atoms with Gasteiger partial charge >= 0.3 is 0 Å². The molecule has 2 nitrogen and oxygen atoms in total. The third kappa shape index (κ3) is 1.73. The predicted molar refractivity (Wildman–Crippen MR) is 70.6 cm³/mol. The van der Waals surface area contributed by atoms with Gasteiger partial charge in [-0.25, -0.2) is 0 Å². The van der Waals surface area contributed by atoms with Gasteiger partial charge in [0.05, 0.1) is 5.41 Å². The van der Waals surface area contributed by atoms with Crippen LogP contribution in [0.3, 0.4) is 0 Å². The van der Waals surface area contributed by atoms with E-state index in [1.165, 1.54) is 6.42 Å². The molecule has 17 heavy (non-hydrogen) atoms. The zero-order valence-corrected chi connectivity index (χ0v) is 11.8. The van der Waals surface area contributed by atoms with E-state index in [1.807, 2.05) is 20.8 Å². The number of nitrogens with one attached hydrogen (secondary N) is 1. The van der Waals surface area contributed by atoms with Gasteiger partial charge in [0.1, 0.15) is 0 Å². The van der Waals surface area contributed by atoms with Gasteiger partial charge in [-0.2, -0.15) is 0 Å². The van der Waals surface area contributed by atoms with Crippen molar-refractivity contribution in [1.82, 2.24) is 5.32 Å². The highest BCUT2D eigenvalue weighted by atomic mass is 16.2. The average Bonchev–Trinajstić information content (AvgIpc) is 2.65. The second-order valence-electron chi connectivity index (χ2n) is 7.43. The molecule has 0 radical (unpaired) electrons. The highest BCUT2D eigenvalue weighted by Gasteiger charge is 2.61. The van der Waals surface area contributed by atoms with E-state index in [2.05, 4.69) is 25.7 Å². The lowest BCUT2D eigenvalue weighted by molar-refractivity contribution is -0.130. The van der Waals surface area contributed by atoms with Gasteiger partial charge in [-0.1, -0.05) is 26.0 Å². The van der Waals surface area contributed by atoms with Crippen molar-refractivity contribution < 1.29 is 4.79 Å². The molecule has 2 saturated carbocycles. The summed E-state index contributed by atoms with van der Waals surface area (Å²) in [5.41, 5.74) is 0.856. The van der Waals surface area contributed by atoms with E-state index < -0.39 is 0 Å². The first-order valence-corrected chi connectivity index (χ1v) is 6.62. The zero-order valence-electron chi connectivity index (χ0n) is 11.8. The number of rotatable bonds is 1. The maximum absolute atomic E-state index is 12.6. The largest absolute Gasteiger partial charge is 0.351 e. The molecule has 2 aliphatic carbocycles. The van der Waals surface area contributed by atoms with Crippen molar-refractivity contribution in [2.75, 3.05) is 0 Å². The molecule has 2 aliphatic rings. The van der Waals surface area contributed by atoms with Crippen LogP contribution in [0.25, 0.3) is 0 Å². The number of hydrogen-bond donors (Lipinski definition) is 1. The Hall–Kier alpha value is -0.790. The Kier molecular flexibility index (Phi) is 2.51. The monoisotopic (exact) mass is 235 g/mol. The lowest BCUT2D eigenvalue weighted by atomic mass is 9.68. The topological polar surface area (TPSA) is 29.1 Å². The molecule has 0 aromatic heterocycles. The van der Waals surface area contributed by atoms with Gasteiger partial charge in [0.15, 0.2) is 0 Å². The van der Waals surface area contributed by atoms with E-state index in [-0.39, 0.29) is 22.3 Å². The molecule has 2 rings (SSSR count). The molecule has 0 aromatic carbocycles. The molecule has 1 amide bonds. The summed E-state index contributed by atoms with van der Waals surface area (Å²) < 4.78 is 0. The van der Waals surface area contributed by atoms with Crippen LogP contribution >= 0.6 is 0 Å². The fraction of sp³-hybridized carbons (Fsp3) is 0.800. The average molecular weight is 235 g/mol. The van der Waals surface area contributed by atoms with Gasteiger partial charge in [0, 0.05) is 5.54 Å². The fourth-order valence-corrected chi connectivity index (χ4v) is 3.60. The third-order valence-corrected chi connectivity index (χ3v) is 4.81. The molecule has 2 heteroatoms. The van der Waals surface area contributed by atoms with E-state index in [4.69, 9.17) is 0 Å². The van der Waals surface area contributed by atoms with Gasteiger partial charge in [0.25, 0.3) is 0 Å². The maximum Gasteiger partial charge on any atom is 0.230 e. The molecule has 0 aromatic rings. The molecule has 96 valence electrons. The van der Waals surface area contributed by atoms with E-state index >= 15 is 0 Å². The van der Waals surface area contributed by atoms with E-state index in [0.29, 0.717) is 5.92 Å². The van der Waals surface area contributed by atoms with Gasteiger partial charge < -0.3 is 5.32 Å². The fourth-order valence-electron chi connectivity index (χ4n) is 3.60. The highest BCUT2D eigenvalue weighted by molar-refractivity contribution is 5.88. The van der Waals surface area contributed by atoms with Gasteiger partial charge in [-0.05, 0) is 51.4 Å². The van der Waals surface area contributed by atoms with Crippen molar-refractivity contribution in [2.45, 2.75) is 59.4 Å². The zero-order chi connectivity index (χ0) is 13.1. The van der Waals surface area contributed by atoms with Crippen molar-refractivity contribution >= 4 is 5.91 Å². The van der Waals surface area contributed by atoms with Gasteiger partial charge in [0.2, 0.25) is 5.91 Å². The minimum Gasteiger partial charge on any atom is -0.351 e. The molecule has 0 aliphatic heterocycles. The van der Waals surface area contributed by atoms with Crippen molar-refractivity contribution in [2.24, 2.45) is 16.7 Å². The van der Waals surface area contributed by atoms with Crippen LogP contribution in [-0.2, 0) is 4.79 Å². The van der Waals surface area contributed by atoms with Gasteiger partial charge in [-0.3, -0.25) is 4.79 Å². The van der Waals surface area contributed by atoms with Crippen LogP contribution in [0, 0.1) is 16.7 Å². The summed E-state index contributed by atoms with van der Waals surface area (Å²) >= 11 is 0.